The summed E-state index contributed by atoms with van der Waals surface area (Å²) < 4.78 is 6.88. The second-order valence-corrected chi connectivity index (χ2v) is 8.15. The highest BCUT2D eigenvalue weighted by Crippen LogP contribution is 2.61. The van der Waals surface area contributed by atoms with Gasteiger partial charge in [-0.15, -0.1) is 0 Å². The molecule has 4 bridgehead atoms. The Labute approximate surface area is 136 Å². The van der Waals surface area contributed by atoms with Crippen LogP contribution in [0.5, 0.6) is 5.75 Å². The van der Waals surface area contributed by atoms with Crippen LogP contribution in [-0.4, -0.2) is 10.6 Å². The summed E-state index contributed by atoms with van der Waals surface area (Å²) in [6.45, 7) is 0. The Morgan fingerprint density at radius 2 is 1.74 bits per heavy atom. The maximum Gasteiger partial charge on any atom is 0.137 e. The van der Waals surface area contributed by atoms with E-state index in [1.54, 1.807) is 0 Å². The van der Waals surface area contributed by atoms with E-state index in [4.69, 9.17) is 4.74 Å². The number of hydrogen-bond acceptors (Lipinski definition) is 2. The zero-order valence-corrected chi connectivity index (χ0v) is 13.2. The minimum absolute atomic E-state index is 0.0372. The summed E-state index contributed by atoms with van der Waals surface area (Å²) in [5, 5.41) is 1.17. The molecule has 0 radical (unpaired) electrons. The van der Waals surface area contributed by atoms with Crippen LogP contribution in [0.1, 0.15) is 37.7 Å². The van der Waals surface area contributed by atoms with Gasteiger partial charge in [-0.2, -0.15) is 0 Å². The van der Waals surface area contributed by atoms with Crippen molar-refractivity contribution in [3.63, 3.8) is 0 Å². The van der Waals surface area contributed by atoms with Gasteiger partial charge in [0.1, 0.15) is 11.4 Å². The molecule has 1 aliphatic heterocycles. The highest BCUT2D eigenvalue weighted by Gasteiger charge is 2.58. The molecule has 0 N–H and O–H groups in total. The Hall–Kier alpha value is -1.83. The Morgan fingerprint density at radius 1 is 0.957 bits per heavy atom. The van der Waals surface area contributed by atoms with Crippen LogP contribution in [0, 0.1) is 23.7 Å². The van der Waals surface area contributed by atoms with Gasteiger partial charge in [0.15, 0.2) is 0 Å². The lowest BCUT2D eigenvalue weighted by molar-refractivity contribution is -0.127. The number of ether oxygens (including phenoxy) is 1. The van der Waals surface area contributed by atoms with Crippen molar-refractivity contribution in [3.8, 4) is 5.75 Å². The second-order valence-electron chi connectivity index (χ2n) is 8.15. The van der Waals surface area contributed by atoms with E-state index in [1.807, 2.05) is 12.3 Å². The number of nitrogens with zero attached hydrogens (tertiary/aromatic N) is 1. The third-order valence-corrected chi connectivity index (χ3v) is 6.98. The number of benzene rings is 1. The van der Waals surface area contributed by atoms with Crippen LogP contribution in [0.2, 0.25) is 0 Å². The minimum atomic E-state index is -0.0372. The predicted octanol–water partition coefficient (Wildman–Crippen LogP) is 4.84. The van der Waals surface area contributed by atoms with Crippen molar-refractivity contribution in [2.24, 2.45) is 23.7 Å². The molecule has 2 heterocycles. The predicted molar refractivity (Wildman–Crippen MR) is 91.2 cm³/mol. The fourth-order valence-electron chi connectivity index (χ4n) is 6.18. The molecule has 0 unspecified atom stereocenters. The Bertz CT molecular complexity index is 809. The van der Waals surface area contributed by atoms with Crippen molar-refractivity contribution in [2.45, 2.75) is 37.7 Å². The molecule has 0 amide bonds. The second kappa shape index (κ2) is 4.17. The maximum absolute atomic E-state index is 6.88. The van der Waals surface area contributed by atoms with Gasteiger partial charge in [0, 0.05) is 29.0 Å². The number of hydrogen-bond donors (Lipinski definition) is 0. The van der Waals surface area contributed by atoms with Gasteiger partial charge in [0.05, 0.1) is 5.52 Å². The number of rotatable bonds is 0. The molecular formula is C21H21NO. The van der Waals surface area contributed by atoms with Crippen LogP contribution >= 0.6 is 0 Å². The molecule has 4 aliphatic carbocycles. The normalized spacial score (nSPS) is 39.7. The Morgan fingerprint density at radius 3 is 2.52 bits per heavy atom. The summed E-state index contributed by atoms with van der Waals surface area (Å²) >= 11 is 0. The summed E-state index contributed by atoms with van der Waals surface area (Å²) in [5.74, 6) is 4.45. The van der Waals surface area contributed by atoms with E-state index in [9.17, 15) is 0 Å². The van der Waals surface area contributed by atoms with Crippen molar-refractivity contribution in [2.75, 3.05) is 0 Å². The quantitative estimate of drug-likeness (QED) is 0.695. The van der Waals surface area contributed by atoms with E-state index >= 15 is 0 Å². The first kappa shape index (κ1) is 12.6. The van der Waals surface area contributed by atoms with E-state index in [-0.39, 0.29) is 5.60 Å². The largest absolute Gasteiger partial charge is 0.481 e. The Balaban J connectivity index is 1.52. The number of pyridine rings is 1. The van der Waals surface area contributed by atoms with E-state index in [0.29, 0.717) is 0 Å². The summed E-state index contributed by atoms with van der Waals surface area (Å²) in [7, 11) is 0. The summed E-state index contributed by atoms with van der Waals surface area (Å²) in [6.07, 6.45) is 13.6. The van der Waals surface area contributed by atoms with Gasteiger partial charge in [0.25, 0.3) is 0 Å². The monoisotopic (exact) mass is 303 g/mol. The average Bonchev–Trinajstić information content (AvgIpc) is 2.59. The third-order valence-electron chi connectivity index (χ3n) is 6.98. The SMILES string of the molecule is C1=CC2(Oc3c1ccc1ncccc31)C1CC3CC(C1)CC2C3. The van der Waals surface area contributed by atoms with Crippen molar-refractivity contribution in [3.05, 3.63) is 42.1 Å². The number of aromatic nitrogens is 1. The van der Waals surface area contributed by atoms with Gasteiger partial charge in [-0.3, -0.25) is 4.98 Å². The summed E-state index contributed by atoms with van der Waals surface area (Å²) in [4.78, 5) is 4.51. The molecule has 116 valence electrons. The lowest BCUT2D eigenvalue weighted by atomic mass is 9.49. The van der Waals surface area contributed by atoms with Crippen LogP contribution in [0.3, 0.4) is 0 Å². The van der Waals surface area contributed by atoms with Crippen molar-refractivity contribution >= 4 is 17.0 Å². The van der Waals surface area contributed by atoms with E-state index < -0.39 is 0 Å². The van der Waals surface area contributed by atoms with Crippen LogP contribution in [0.4, 0.5) is 0 Å². The van der Waals surface area contributed by atoms with Gasteiger partial charge in [-0.1, -0.05) is 6.08 Å². The zero-order valence-electron chi connectivity index (χ0n) is 13.2. The van der Waals surface area contributed by atoms with Crippen molar-refractivity contribution < 1.29 is 4.74 Å². The third kappa shape index (κ3) is 1.57. The molecule has 2 nitrogen and oxygen atoms in total. The van der Waals surface area contributed by atoms with Crippen LogP contribution in [0.25, 0.3) is 17.0 Å². The van der Waals surface area contributed by atoms with Gasteiger partial charge >= 0.3 is 0 Å². The Kier molecular flexibility index (Phi) is 2.28. The first-order valence-corrected chi connectivity index (χ1v) is 9.08. The zero-order chi connectivity index (χ0) is 15.0. The first-order chi connectivity index (χ1) is 11.3. The molecule has 0 saturated heterocycles. The standard InChI is InChI=1S/C21H21NO/c1-2-18-19(22-7-1)4-3-15-5-6-21(23-20(15)18)16-9-13-8-14(11-16)12-17(21)10-13/h1-7,13-14,16-17H,8-12H2. The molecule has 0 atom stereocenters. The van der Waals surface area contributed by atoms with Crippen LogP contribution in [0.15, 0.2) is 36.5 Å². The van der Waals surface area contributed by atoms with Crippen LogP contribution in [-0.2, 0) is 0 Å². The fraction of sp³-hybridized carbons (Fsp3) is 0.476. The van der Waals surface area contributed by atoms with Gasteiger partial charge < -0.3 is 4.74 Å². The molecule has 5 aliphatic rings. The first-order valence-electron chi connectivity index (χ1n) is 9.08. The molecule has 1 aromatic carbocycles. The fourth-order valence-corrected chi connectivity index (χ4v) is 6.18. The van der Waals surface area contributed by atoms with Gasteiger partial charge in [0.2, 0.25) is 0 Å². The maximum atomic E-state index is 6.88. The van der Waals surface area contributed by atoms with Crippen molar-refractivity contribution in [1.82, 2.24) is 4.98 Å². The van der Waals surface area contributed by atoms with Crippen LogP contribution < -0.4 is 4.74 Å². The molecule has 23 heavy (non-hydrogen) atoms. The number of fused-ring (bicyclic) bond motifs is 3. The molecule has 2 heteroatoms. The summed E-state index contributed by atoms with van der Waals surface area (Å²) in [5.41, 5.74) is 2.22. The minimum Gasteiger partial charge on any atom is -0.481 e. The van der Waals surface area contributed by atoms with Gasteiger partial charge in [-0.05, 0) is 74.3 Å². The average molecular weight is 303 g/mol. The molecule has 7 rings (SSSR count). The molecule has 2 aromatic rings. The summed E-state index contributed by atoms with van der Waals surface area (Å²) in [6, 6.07) is 8.44. The smallest absolute Gasteiger partial charge is 0.137 e. The van der Waals surface area contributed by atoms with E-state index in [0.717, 1.165) is 34.9 Å². The lowest BCUT2D eigenvalue weighted by Crippen LogP contribution is -2.60. The lowest BCUT2D eigenvalue weighted by Gasteiger charge is -2.60. The highest BCUT2D eigenvalue weighted by molar-refractivity contribution is 5.89. The molecule has 1 aromatic heterocycles. The topological polar surface area (TPSA) is 22.1 Å². The van der Waals surface area contributed by atoms with E-state index in [1.165, 1.54) is 43.1 Å². The molecular weight excluding hydrogens is 282 g/mol. The van der Waals surface area contributed by atoms with E-state index in [2.05, 4.69) is 35.3 Å². The molecule has 4 fully saturated rings. The molecule has 4 saturated carbocycles. The highest BCUT2D eigenvalue weighted by atomic mass is 16.5. The van der Waals surface area contributed by atoms with Gasteiger partial charge in [-0.25, -0.2) is 0 Å². The van der Waals surface area contributed by atoms with Crippen molar-refractivity contribution in [1.29, 1.82) is 0 Å². The molecule has 1 spiro atoms.